The second kappa shape index (κ2) is 14.4. The Bertz CT molecular complexity index is 943. The van der Waals surface area contributed by atoms with Crippen molar-refractivity contribution in [3.63, 3.8) is 0 Å². The van der Waals surface area contributed by atoms with Gasteiger partial charge in [0.25, 0.3) is 0 Å². The average molecular weight is 576 g/mol. The molecular weight excluding hydrogens is 532 g/mol. The zero-order valence-electron chi connectivity index (χ0n) is 23.3. The van der Waals surface area contributed by atoms with Crippen LogP contribution in [0.3, 0.4) is 0 Å². The molecule has 1 saturated heterocycles. The highest BCUT2D eigenvalue weighted by molar-refractivity contribution is 7.59. The minimum absolute atomic E-state index is 0.0960. The van der Waals surface area contributed by atoms with Crippen LogP contribution >= 0.6 is 7.37 Å². The Morgan fingerprint density at radius 2 is 1.95 bits per heavy atom. The molecule has 13 heteroatoms. The number of hydrogen-bond acceptors (Lipinski definition) is 11. The Morgan fingerprint density at radius 1 is 1.26 bits per heavy atom. The van der Waals surface area contributed by atoms with Crippen LogP contribution in [0.1, 0.15) is 47.0 Å². The standard InChI is InChI=1S/C26H43FN3O8P/c1-17(2)15-22(32)35-12-14-39(34,36-11-8-21(31)37-18(3)4)13-9-26(16-28)24(33)23(27)25(38-26)30-10-7-19(5)29-20(30)6/h7,10,17-18,23-25,29,33H,5-6,8-9,11-16,28H2,1-4H3/t23-,24+,25-,26+,39?/m1/s1. The second-order valence-corrected chi connectivity index (χ2v) is 13.2. The van der Waals surface area contributed by atoms with E-state index in [1.807, 2.05) is 13.8 Å². The predicted molar refractivity (Wildman–Crippen MR) is 144 cm³/mol. The van der Waals surface area contributed by atoms with E-state index in [0.717, 1.165) is 0 Å². The molecule has 0 saturated carbocycles. The third kappa shape index (κ3) is 9.42. The lowest BCUT2D eigenvalue weighted by molar-refractivity contribution is -0.148. The first-order chi connectivity index (χ1) is 18.2. The van der Waals surface area contributed by atoms with Crippen LogP contribution in [-0.4, -0.2) is 84.2 Å². The summed E-state index contributed by atoms with van der Waals surface area (Å²) >= 11 is 0. The number of carbonyl (C=O) groups is 2. The van der Waals surface area contributed by atoms with E-state index in [-0.39, 0.29) is 63.4 Å². The quantitative estimate of drug-likeness (QED) is 0.195. The average Bonchev–Trinajstić information content (AvgIpc) is 3.07. The van der Waals surface area contributed by atoms with Gasteiger partial charge in [0.15, 0.2) is 12.4 Å². The fourth-order valence-corrected chi connectivity index (χ4v) is 6.20. The molecule has 2 aliphatic rings. The van der Waals surface area contributed by atoms with Crippen LogP contribution in [0.25, 0.3) is 0 Å². The summed E-state index contributed by atoms with van der Waals surface area (Å²) in [5, 5.41) is 13.7. The Labute approximate surface area is 230 Å². The Balaban J connectivity index is 2.13. The van der Waals surface area contributed by atoms with Crippen LogP contribution in [0.4, 0.5) is 4.39 Å². The fourth-order valence-electron chi connectivity index (χ4n) is 4.21. The molecule has 2 aliphatic heterocycles. The molecule has 39 heavy (non-hydrogen) atoms. The molecule has 0 aliphatic carbocycles. The highest BCUT2D eigenvalue weighted by atomic mass is 31.2. The molecule has 0 aromatic heterocycles. The van der Waals surface area contributed by atoms with Crippen molar-refractivity contribution in [1.82, 2.24) is 10.2 Å². The number of carbonyl (C=O) groups excluding carboxylic acids is 2. The van der Waals surface area contributed by atoms with Crippen molar-refractivity contribution < 1.29 is 42.4 Å². The van der Waals surface area contributed by atoms with Crippen molar-refractivity contribution >= 4 is 19.3 Å². The van der Waals surface area contributed by atoms with Gasteiger partial charge >= 0.3 is 11.9 Å². The van der Waals surface area contributed by atoms with E-state index in [1.54, 1.807) is 19.9 Å². The van der Waals surface area contributed by atoms with Gasteiger partial charge in [-0.2, -0.15) is 0 Å². The van der Waals surface area contributed by atoms with Gasteiger partial charge in [-0.05, 0) is 32.3 Å². The third-order valence-corrected chi connectivity index (χ3v) is 8.71. The van der Waals surface area contributed by atoms with Crippen LogP contribution in [0.5, 0.6) is 0 Å². The van der Waals surface area contributed by atoms with Gasteiger partial charge in [0.2, 0.25) is 7.37 Å². The van der Waals surface area contributed by atoms with Crippen molar-refractivity contribution in [2.45, 2.75) is 77.2 Å². The molecule has 5 atom stereocenters. The van der Waals surface area contributed by atoms with Crippen LogP contribution in [0, 0.1) is 5.92 Å². The molecule has 1 unspecified atom stereocenters. The predicted octanol–water partition coefficient (Wildman–Crippen LogP) is 2.76. The maximum atomic E-state index is 15.3. The van der Waals surface area contributed by atoms with Gasteiger partial charge in [-0.25, -0.2) is 4.39 Å². The number of allylic oxidation sites excluding steroid dienone is 1. The molecular formula is C26H43FN3O8P. The lowest BCUT2D eigenvalue weighted by Crippen LogP contribution is -2.49. The van der Waals surface area contributed by atoms with E-state index in [4.69, 9.17) is 24.5 Å². The topological polar surface area (TPSA) is 150 Å². The van der Waals surface area contributed by atoms with E-state index < -0.39 is 43.4 Å². The van der Waals surface area contributed by atoms with Crippen LogP contribution < -0.4 is 11.1 Å². The number of aliphatic hydroxyl groups excluding tert-OH is 1. The molecule has 2 rings (SSSR count). The van der Waals surface area contributed by atoms with Crippen molar-refractivity contribution in [2.24, 2.45) is 11.7 Å². The highest BCUT2D eigenvalue weighted by Gasteiger charge is 2.56. The smallest absolute Gasteiger partial charge is 0.308 e. The number of aliphatic hydroxyl groups is 1. The molecule has 1 fully saturated rings. The Kier molecular flexibility index (Phi) is 12.2. The number of rotatable bonds is 15. The molecule has 0 radical (unpaired) electrons. The van der Waals surface area contributed by atoms with E-state index in [1.165, 1.54) is 11.1 Å². The molecule has 0 aromatic rings. The molecule has 0 aromatic carbocycles. The zero-order valence-corrected chi connectivity index (χ0v) is 24.2. The molecule has 2 heterocycles. The van der Waals surface area contributed by atoms with E-state index in [0.29, 0.717) is 11.5 Å². The SMILES string of the molecule is C=C1C=CN([C@@H]2O[C@](CN)(CCP(=O)(CCOC(=O)CC(C)C)OCCC(=O)OC(C)C)[C@@H](O)[C@H]2F)C(=C)N1. The molecule has 4 N–H and O–H groups in total. The normalized spacial score (nSPS) is 26.6. The summed E-state index contributed by atoms with van der Waals surface area (Å²) in [6.45, 7) is 14.1. The molecule has 0 amide bonds. The summed E-state index contributed by atoms with van der Waals surface area (Å²) in [6.07, 6.45) is -2.22. The maximum Gasteiger partial charge on any atom is 0.308 e. The van der Waals surface area contributed by atoms with Crippen molar-refractivity contribution in [3.8, 4) is 0 Å². The monoisotopic (exact) mass is 575 g/mol. The van der Waals surface area contributed by atoms with Crippen molar-refractivity contribution in [2.75, 3.05) is 32.1 Å². The maximum absolute atomic E-state index is 15.3. The van der Waals surface area contributed by atoms with Crippen LogP contribution in [0.2, 0.25) is 0 Å². The van der Waals surface area contributed by atoms with Crippen LogP contribution in [-0.2, 0) is 32.9 Å². The summed E-state index contributed by atoms with van der Waals surface area (Å²) in [5.41, 5.74) is 4.95. The lowest BCUT2D eigenvalue weighted by atomic mass is 9.93. The van der Waals surface area contributed by atoms with Crippen LogP contribution in [0.15, 0.2) is 37.0 Å². The summed E-state index contributed by atoms with van der Waals surface area (Å²) < 4.78 is 51.1. The second-order valence-electron chi connectivity index (χ2n) is 10.4. The zero-order chi connectivity index (χ0) is 29.4. The summed E-state index contributed by atoms with van der Waals surface area (Å²) in [5.74, 6) is -0.541. The molecule has 0 bridgehead atoms. The fraction of sp³-hybridized carbons (Fsp3) is 0.692. The molecule has 0 spiro atoms. The largest absolute Gasteiger partial charge is 0.465 e. The highest BCUT2D eigenvalue weighted by Crippen LogP contribution is 2.50. The third-order valence-electron chi connectivity index (χ3n) is 6.29. The Morgan fingerprint density at radius 3 is 2.54 bits per heavy atom. The van der Waals surface area contributed by atoms with E-state index in [9.17, 15) is 19.3 Å². The number of alkyl halides is 1. The molecule has 11 nitrogen and oxygen atoms in total. The number of esters is 2. The number of nitrogens with zero attached hydrogens (tertiary/aromatic N) is 1. The molecule has 222 valence electrons. The lowest BCUT2D eigenvalue weighted by Gasteiger charge is -2.35. The van der Waals surface area contributed by atoms with Gasteiger partial charge in [-0.1, -0.05) is 27.0 Å². The van der Waals surface area contributed by atoms with Gasteiger partial charge in [0, 0.05) is 31.0 Å². The summed E-state index contributed by atoms with van der Waals surface area (Å²) in [4.78, 5) is 25.3. The minimum atomic E-state index is -3.55. The number of nitrogens with one attached hydrogen (secondary N) is 1. The van der Waals surface area contributed by atoms with Gasteiger partial charge in [-0.15, -0.1) is 0 Å². The van der Waals surface area contributed by atoms with Crippen molar-refractivity contribution in [3.05, 3.63) is 37.0 Å². The Hall–Kier alpha value is -2.24. The number of nitrogens with two attached hydrogens (primary N) is 1. The summed E-state index contributed by atoms with van der Waals surface area (Å²) in [6, 6.07) is 0. The van der Waals surface area contributed by atoms with Gasteiger partial charge in [-0.3, -0.25) is 14.2 Å². The van der Waals surface area contributed by atoms with Gasteiger partial charge in [0.1, 0.15) is 24.1 Å². The number of halogens is 1. The minimum Gasteiger partial charge on any atom is -0.465 e. The van der Waals surface area contributed by atoms with E-state index >= 15 is 4.39 Å². The number of hydrogen-bond donors (Lipinski definition) is 3. The first-order valence-corrected chi connectivity index (χ1v) is 15.1. The van der Waals surface area contributed by atoms with Gasteiger partial charge < -0.3 is 39.8 Å². The number of ether oxygens (including phenoxy) is 3. The van der Waals surface area contributed by atoms with Gasteiger partial charge in [0.05, 0.1) is 25.3 Å². The first kappa shape index (κ1) is 33.0. The van der Waals surface area contributed by atoms with E-state index in [2.05, 4.69) is 18.5 Å². The first-order valence-electron chi connectivity index (χ1n) is 13.1. The van der Waals surface area contributed by atoms with Crippen molar-refractivity contribution in [1.29, 1.82) is 0 Å². The summed E-state index contributed by atoms with van der Waals surface area (Å²) in [7, 11) is -3.55.